The molecule has 3 aromatic rings. The van der Waals surface area contributed by atoms with Crippen LogP contribution in [0.1, 0.15) is 33.4 Å². The average molecular weight is 360 g/mol. The van der Waals surface area contributed by atoms with E-state index in [0.29, 0.717) is 0 Å². The molecule has 2 nitrogen and oxygen atoms in total. The van der Waals surface area contributed by atoms with Crippen LogP contribution in [0.5, 0.6) is 5.75 Å². The Morgan fingerprint density at radius 2 is 1.11 bits per heavy atom. The van der Waals surface area contributed by atoms with Crippen LogP contribution >= 0.6 is 0 Å². The molecule has 0 saturated heterocycles. The predicted octanol–water partition coefficient (Wildman–Crippen LogP) is 7.02. The summed E-state index contributed by atoms with van der Waals surface area (Å²) in [5, 5.41) is 0. The minimum Gasteiger partial charge on any atom is -0.497 e. The second-order valence-electron chi connectivity index (χ2n) is 7.53. The number of aryl methyl sites for hydroxylation is 6. The lowest BCUT2D eigenvalue weighted by atomic mass is 10.00. The smallest absolute Gasteiger partial charge is 0.119 e. The third-order valence-electron chi connectivity index (χ3n) is 5.10. The van der Waals surface area contributed by atoms with Gasteiger partial charge in [-0.2, -0.15) is 0 Å². The molecule has 140 valence electrons. The third-order valence-corrected chi connectivity index (χ3v) is 5.10. The van der Waals surface area contributed by atoms with Crippen molar-refractivity contribution in [2.75, 3.05) is 12.0 Å². The molecular formula is C25H29NO. The minimum atomic E-state index is 0.883. The standard InChI is InChI=1S/C25H29NO/c1-16-8-10-23(18(3)12-16)26(24-11-9-22(27-7)15-19(24)4)25-20(5)13-17(2)14-21(25)6/h8-15H,1-7H3. The van der Waals surface area contributed by atoms with Crippen molar-refractivity contribution in [3.63, 3.8) is 0 Å². The molecule has 0 bridgehead atoms. The van der Waals surface area contributed by atoms with Gasteiger partial charge in [0.2, 0.25) is 0 Å². The van der Waals surface area contributed by atoms with Crippen molar-refractivity contribution in [3.8, 4) is 5.75 Å². The number of benzene rings is 3. The van der Waals surface area contributed by atoms with Gasteiger partial charge in [0.25, 0.3) is 0 Å². The van der Waals surface area contributed by atoms with Crippen molar-refractivity contribution < 1.29 is 4.74 Å². The van der Waals surface area contributed by atoms with Gasteiger partial charge in [0.05, 0.1) is 12.8 Å². The Morgan fingerprint density at radius 3 is 1.63 bits per heavy atom. The van der Waals surface area contributed by atoms with E-state index in [0.717, 1.165) is 5.75 Å². The van der Waals surface area contributed by atoms with E-state index in [2.05, 4.69) is 88.9 Å². The first kappa shape index (κ1) is 19.0. The number of hydrogen-bond acceptors (Lipinski definition) is 2. The number of rotatable bonds is 4. The van der Waals surface area contributed by atoms with Gasteiger partial charge >= 0.3 is 0 Å². The molecule has 0 saturated carbocycles. The zero-order chi connectivity index (χ0) is 19.7. The lowest BCUT2D eigenvalue weighted by molar-refractivity contribution is 0.414. The van der Waals surface area contributed by atoms with Gasteiger partial charge in [-0.1, -0.05) is 35.4 Å². The Morgan fingerprint density at radius 1 is 0.593 bits per heavy atom. The summed E-state index contributed by atoms with van der Waals surface area (Å²) < 4.78 is 5.43. The van der Waals surface area contributed by atoms with Crippen LogP contribution in [0.4, 0.5) is 17.1 Å². The fourth-order valence-corrected chi connectivity index (χ4v) is 3.96. The highest BCUT2D eigenvalue weighted by Gasteiger charge is 2.20. The fourth-order valence-electron chi connectivity index (χ4n) is 3.96. The zero-order valence-electron chi connectivity index (χ0n) is 17.5. The number of hydrogen-bond donors (Lipinski definition) is 0. The van der Waals surface area contributed by atoms with Crippen molar-refractivity contribution in [1.29, 1.82) is 0 Å². The molecule has 0 aliphatic heterocycles. The highest BCUT2D eigenvalue weighted by Crippen LogP contribution is 2.42. The predicted molar refractivity (Wildman–Crippen MR) is 116 cm³/mol. The maximum absolute atomic E-state index is 5.43. The largest absolute Gasteiger partial charge is 0.497 e. The molecule has 0 fully saturated rings. The van der Waals surface area contributed by atoms with Crippen molar-refractivity contribution in [2.24, 2.45) is 0 Å². The molecule has 0 aliphatic rings. The molecule has 27 heavy (non-hydrogen) atoms. The van der Waals surface area contributed by atoms with E-state index in [1.165, 1.54) is 50.4 Å². The van der Waals surface area contributed by atoms with Crippen LogP contribution in [0.25, 0.3) is 0 Å². The second kappa shape index (κ2) is 7.48. The normalized spacial score (nSPS) is 10.8. The number of methoxy groups -OCH3 is 1. The first-order chi connectivity index (χ1) is 12.8. The molecule has 3 rings (SSSR count). The van der Waals surface area contributed by atoms with Gasteiger partial charge in [-0.25, -0.2) is 0 Å². The lowest BCUT2D eigenvalue weighted by Crippen LogP contribution is -2.15. The molecule has 0 aromatic heterocycles. The summed E-state index contributed by atoms with van der Waals surface area (Å²) in [4.78, 5) is 2.40. The van der Waals surface area contributed by atoms with Gasteiger partial charge in [-0.15, -0.1) is 0 Å². The van der Waals surface area contributed by atoms with Gasteiger partial charge in [-0.3, -0.25) is 0 Å². The summed E-state index contributed by atoms with van der Waals surface area (Å²) in [5.74, 6) is 0.883. The van der Waals surface area contributed by atoms with Gasteiger partial charge in [-0.05, 0) is 88.1 Å². The summed E-state index contributed by atoms with van der Waals surface area (Å²) in [6.07, 6.45) is 0. The van der Waals surface area contributed by atoms with Crippen LogP contribution in [-0.4, -0.2) is 7.11 Å². The van der Waals surface area contributed by atoms with E-state index in [4.69, 9.17) is 4.74 Å². The highest BCUT2D eigenvalue weighted by atomic mass is 16.5. The topological polar surface area (TPSA) is 12.5 Å². The molecular weight excluding hydrogens is 330 g/mol. The van der Waals surface area contributed by atoms with E-state index in [1.807, 2.05) is 6.07 Å². The van der Waals surface area contributed by atoms with E-state index < -0.39 is 0 Å². The van der Waals surface area contributed by atoms with Crippen molar-refractivity contribution >= 4 is 17.1 Å². The molecule has 0 N–H and O–H groups in total. The molecule has 0 atom stereocenters. The summed E-state index contributed by atoms with van der Waals surface area (Å²) in [6, 6.07) is 17.5. The first-order valence-corrected chi connectivity index (χ1v) is 9.41. The summed E-state index contributed by atoms with van der Waals surface area (Å²) in [6.45, 7) is 13.0. The fraction of sp³-hybridized carbons (Fsp3) is 0.280. The van der Waals surface area contributed by atoms with E-state index in [9.17, 15) is 0 Å². The Labute approximate surface area is 163 Å². The number of nitrogens with zero attached hydrogens (tertiary/aromatic N) is 1. The molecule has 0 spiro atoms. The van der Waals surface area contributed by atoms with Gasteiger partial charge < -0.3 is 9.64 Å². The monoisotopic (exact) mass is 359 g/mol. The molecule has 3 aromatic carbocycles. The second-order valence-corrected chi connectivity index (χ2v) is 7.53. The van der Waals surface area contributed by atoms with E-state index in [1.54, 1.807) is 7.11 Å². The zero-order valence-corrected chi connectivity index (χ0v) is 17.5. The van der Waals surface area contributed by atoms with E-state index >= 15 is 0 Å². The first-order valence-electron chi connectivity index (χ1n) is 9.41. The molecule has 0 unspecified atom stereocenters. The summed E-state index contributed by atoms with van der Waals surface area (Å²) >= 11 is 0. The van der Waals surface area contributed by atoms with Crippen LogP contribution in [0.15, 0.2) is 48.5 Å². The minimum absolute atomic E-state index is 0.883. The highest BCUT2D eigenvalue weighted by molar-refractivity contribution is 5.83. The van der Waals surface area contributed by atoms with Gasteiger partial charge in [0.15, 0.2) is 0 Å². The maximum atomic E-state index is 5.43. The molecule has 0 amide bonds. The van der Waals surface area contributed by atoms with Crippen LogP contribution in [-0.2, 0) is 0 Å². The number of anilines is 3. The Kier molecular flexibility index (Phi) is 5.27. The van der Waals surface area contributed by atoms with Crippen LogP contribution in [0.2, 0.25) is 0 Å². The molecule has 0 radical (unpaired) electrons. The maximum Gasteiger partial charge on any atom is 0.119 e. The van der Waals surface area contributed by atoms with Crippen LogP contribution < -0.4 is 9.64 Å². The Bertz CT molecular complexity index is 965. The van der Waals surface area contributed by atoms with Crippen molar-refractivity contribution in [2.45, 2.75) is 41.5 Å². The molecule has 2 heteroatoms. The SMILES string of the molecule is COc1ccc(N(c2ccc(C)cc2C)c2c(C)cc(C)cc2C)c(C)c1. The van der Waals surface area contributed by atoms with Gasteiger partial charge in [0.1, 0.15) is 5.75 Å². The summed E-state index contributed by atoms with van der Waals surface area (Å²) in [5.41, 5.74) is 11.2. The van der Waals surface area contributed by atoms with Crippen molar-refractivity contribution in [1.82, 2.24) is 0 Å². The van der Waals surface area contributed by atoms with Crippen LogP contribution in [0.3, 0.4) is 0 Å². The van der Waals surface area contributed by atoms with Crippen LogP contribution in [0, 0.1) is 41.5 Å². The Balaban J connectivity index is 2.31. The molecule has 0 aliphatic carbocycles. The lowest BCUT2D eigenvalue weighted by Gasteiger charge is -2.31. The summed E-state index contributed by atoms with van der Waals surface area (Å²) in [7, 11) is 1.71. The van der Waals surface area contributed by atoms with E-state index in [-0.39, 0.29) is 0 Å². The molecule has 0 heterocycles. The average Bonchev–Trinajstić information content (AvgIpc) is 2.59. The quantitative estimate of drug-likeness (QED) is 0.496. The van der Waals surface area contributed by atoms with Gasteiger partial charge in [0, 0.05) is 11.4 Å². The van der Waals surface area contributed by atoms with Crippen molar-refractivity contribution in [3.05, 3.63) is 81.9 Å². The third kappa shape index (κ3) is 3.71. The number of ether oxygens (including phenoxy) is 1. The Hall–Kier alpha value is -2.74.